The van der Waals surface area contributed by atoms with Gasteiger partial charge < -0.3 is 45.2 Å². The summed E-state index contributed by atoms with van der Waals surface area (Å²) in [5, 5.41) is 9.20. The van der Waals surface area contributed by atoms with Gasteiger partial charge in [-0.15, -0.1) is 0 Å². The van der Waals surface area contributed by atoms with Gasteiger partial charge in [0.1, 0.15) is 23.9 Å². The standard InChI is InChI=1S/C40H50N8O7/c1-22(2)33(45-39(52)54-5)37(50)47-17-7-9-31(47)35-41-21-30(44-35)25-13-11-24(12-14-25)29-20-26-19-27(15-16-28(26)43-29)42-36(49)32-10-8-18-48(32)38(51)34(23(3)4)46-40(53)55-6/h11-16,19-23,31-34,43H,7-10,17-18H2,1-6H3,(H,41,44)(H,42,49)(H,45,52)(H,46,53)/t31-,32-,33-,34-/m0/s1. The summed E-state index contributed by atoms with van der Waals surface area (Å²) >= 11 is 0. The average Bonchev–Trinajstić information content (AvgIpc) is 4.01. The van der Waals surface area contributed by atoms with Crippen LogP contribution >= 0.6 is 0 Å². The van der Waals surface area contributed by atoms with Gasteiger partial charge in [-0.3, -0.25) is 14.4 Å². The van der Waals surface area contributed by atoms with E-state index in [1.807, 2.05) is 76.2 Å². The van der Waals surface area contributed by atoms with Gasteiger partial charge in [-0.25, -0.2) is 14.6 Å². The number of methoxy groups -OCH3 is 2. The van der Waals surface area contributed by atoms with Gasteiger partial charge >= 0.3 is 12.2 Å². The maximum absolute atomic E-state index is 13.5. The summed E-state index contributed by atoms with van der Waals surface area (Å²) in [4.78, 5) is 79.1. The van der Waals surface area contributed by atoms with Gasteiger partial charge in [0.25, 0.3) is 0 Å². The van der Waals surface area contributed by atoms with Crippen LogP contribution in [0.25, 0.3) is 33.4 Å². The van der Waals surface area contributed by atoms with Crippen LogP contribution in [0.5, 0.6) is 0 Å². The van der Waals surface area contributed by atoms with Crippen molar-refractivity contribution in [3.63, 3.8) is 0 Å². The monoisotopic (exact) mass is 754 g/mol. The Kier molecular flexibility index (Phi) is 11.8. The number of likely N-dealkylation sites (tertiary alicyclic amines) is 2. The molecular weight excluding hydrogens is 704 g/mol. The van der Waals surface area contributed by atoms with Crippen LogP contribution in [0.3, 0.4) is 0 Å². The molecule has 2 aliphatic heterocycles. The molecule has 0 saturated carbocycles. The van der Waals surface area contributed by atoms with E-state index in [-0.39, 0.29) is 35.6 Å². The number of ether oxygens (including phenoxy) is 2. The number of carbonyl (C=O) groups excluding carboxylic acids is 5. The first-order valence-corrected chi connectivity index (χ1v) is 18.8. The Morgan fingerprint density at radius 2 is 1.33 bits per heavy atom. The van der Waals surface area contributed by atoms with Crippen molar-refractivity contribution < 1.29 is 33.4 Å². The molecule has 0 aliphatic carbocycles. The molecule has 2 saturated heterocycles. The predicted octanol–water partition coefficient (Wildman–Crippen LogP) is 5.58. The minimum absolute atomic E-state index is 0.117. The zero-order chi connectivity index (χ0) is 39.4. The molecule has 0 bridgehead atoms. The third-order valence-corrected chi connectivity index (χ3v) is 10.5. The number of carbonyl (C=O) groups is 5. The molecule has 5 amide bonds. The Balaban J connectivity index is 1.11. The van der Waals surface area contributed by atoms with Crippen molar-refractivity contribution in [1.29, 1.82) is 0 Å². The number of hydrogen-bond donors (Lipinski definition) is 5. The van der Waals surface area contributed by atoms with Gasteiger partial charge in [0.2, 0.25) is 17.7 Å². The molecule has 0 radical (unpaired) electrons. The lowest BCUT2D eigenvalue weighted by atomic mass is 10.0. The van der Waals surface area contributed by atoms with Crippen LogP contribution in [-0.4, -0.2) is 100 Å². The molecule has 2 fully saturated rings. The first kappa shape index (κ1) is 38.9. The molecule has 0 unspecified atom stereocenters. The highest BCUT2D eigenvalue weighted by Crippen LogP contribution is 2.34. The zero-order valence-corrected chi connectivity index (χ0v) is 32.1. The predicted molar refractivity (Wildman–Crippen MR) is 207 cm³/mol. The minimum Gasteiger partial charge on any atom is -0.453 e. The lowest BCUT2D eigenvalue weighted by molar-refractivity contribution is -0.139. The number of anilines is 1. The highest BCUT2D eigenvalue weighted by atomic mass is 16.5. The Bertz CT molecular complexity index is 2040. The topological polar surface area (TPSA) is 191 Å². The van der Waals surface area contributed by atoms with E-state index in [4.69, 9.17) is 9.47 Å². The number of H-pyrrole nitrogens is 2. The molecule has 6 rings (SSSR count). The molecule has 4 heterocycles. The SMILES string of the molecule is COC(=O)N[C@H](C(=O)N1CCC[C@H]1C(=O)Nc1ccc2[nH]c(-c3ccc(-c4cnc([C@@H]5CCCN5C(=O)[C@@H](NC(=O)OC)C(C)C)[nH]4)cc3)cc2c1)C(C)C. The molecule has 2 aliphatic rings. The number of amides is 5. The van der Waals surface area contributed by atoms with E-state index in [0.717, 1.165) is 46.3 Å². The van der Waals surface area contributed by atoms with Crippen molar-refractivity contribution in [1.82, 2.24) is 35.4 Å². The summed E-state index contributed by atoms with van der Waals surface area (Å²) in [5.74, 6) is -0.343. The number of aromatic nitrogens is 3. The number of aromatic amines is 2. The molecule has 2 aromatic carbocycles. The Hall–Kier alpha value is -5.86. The molecule has 292 valence electrons. The zero-order valence-electron chi connectivity index (χ0n) is 32.1. The van der Waals surface area contributed by atoms with E-state index < -0.39 is 30.3 Å². The summed E-state index contributed by atoms with van der Waals surface area (Å²) in [5.41, 5.74) is 5.15. The second-order valence-electron chi connectivity index (χ2n) is 14.8. The molecule has 4 atom stereocenters. The fourth-order valence-electron chi connectivity index (χ4n) is 7.45. The van der Waals surface area contributed by atoms with E-state index in [9.17, 15) is 24.0 Å². The van der Waals surface area contributed by atoms with Gasteiger partial charge in [0.15, 0.2) is 0 Å². The van der Waals surface area contributed by atoms with Gasteiger partial charge in [-0.05, 0) is 72.9 Å². The van der Waals surface area contributed by atoms with Crippen molar-refractivity contribution in [2.45, 2.75) is 77.5 Å². The second kappa shape index (κ2) is 16.7. The van der Waals surface area contributed by atoms with Gasteiger partial charge in [0, 0.05) is 35.4 Å². The smallest absolute Gasteiger partial charge is 0.407 e. The summed E-state index contributed by atoms with van der Waals surface area (Å²) < 4.78 is 9.45. The van der Waals surface area contributed by atoms with Crippen LogP contribution in [0.1, 0.15) is 65.2 Å². The minimum atomic E-state index is -0.802. The lowest BCUT2D eigenvalue weighted by Gasteiger charge is -2.30. The largest absolute Gasteiger partial charge is 0.453 e. The fourth-order valence-corrected chi connectivity index (χ4v) is 7.45. The first-order valence-electron chi connectivity index (χ1n) is 18.8. The second-order valence-corrected chi connectivity index (χ2v) is 14.8. The van der Waals surface area contributed by atoms with E-state index in [0.29, 0.717) is 37.4 Å². The van der Waals surface area contributed by atoms with Crippen molar-refractivity contribution in [2.75, 3.05) is 32.6 Å². The molecule has 0 spiro atoms. The van der Waals surface area contributed by atoms with Crippen LogP contribution in [-0.2, 0) is 23.9 Å². The average molecular weight is 755 g/mol. The van der Waals surface area contributed by atoms with Crippen LogP contribution in [0.2, 0.25) is 0 Å². The fraction of sp³-hybridized carbons (Fsp3) is 0.450. The summed E-state index contributed by atoms with van der Waals surface area (Å²) in [6.45, 7) is 8.46. The van der Waals surface area contributed by atoms with Crippen molar-refractivity contribution in [3.8, 4) is 22.5 Å². The normalized spacial score (nSPS) is 18.0. The Morgan fingerprint density at radius 3 is 1.95 bits per heavy atom. The number of imidazole rings is 1. The quantitative estimate of drug-likeness (QED) is 0.131. The summed E-state index contributed by atoms with van der Waals surface area (Å²) in [7, 11) is 2.53. The van der Waals surface area contributed by atoms with Crippen LogP contribution in [0.15, 0.2) is 54.7 Å². The lowest BCUT2D eigenvalue weighted by Crippen LogP contribution is -2.54. The van der Waals surface area contributed by atoms with Crippen molar-refractivity contribution in [3.05, 3.63) is 60.6 Å². The number of alkyl carbamates (subject to hydrolysis) is 2. The molecule has 55 heavy (non-hydrogen) atoms. The number of fused-ring (bicyclic) bond motifs is 1. The van der Waals surface area contributed by atoms with E-state index >= 15 is 0 Å². The molecule has 2 aromatic heterocycles. The van der Waals surface area contributed by atoms with E-state index in [2.05, 4.69) is 30.9 Å². The summed E-state index contributed by atoms with van der Waals surface area (Å²) in [6, 6.07) is 13.3. The van der Waals surface area contributed by atoms with Gasteiger partial charge in [0.05, 0.1) is 32.2 Å². The van der Waals surface area contributed by atoms with Gasteiger partial charge in [-0.2, -0.15) is 0 Å². The maximum atomic E-state index is 13.5. The highest BCUT2D eigenvalue weighted by molar-refractivity contribution is 6.00. The van der Waals surface area contributed by atoms with Crippen LogP contribution in [0.4, 0.5) is 15.3 Å². The van der Waals surface area contributed by atoms with Crippen molar-refractivity contribution >= 4 is 46.5 Å². The maximum Gasteiger partial charge on any atom is 0.407 e. The number of rotatable bonds is 11. The van der Waals surface area contributed by atoms with E-state index in [1.165, 1.54) is 14.2 Å². The number of nitrogens with zero attached hydrogens (tertiary/aromatic N) is 3. The molecule has 15 heteroatoms. The molecule has 4 aromatic rings. The van der Waals surface area contributed by atoms with Crippen LogP contribution < -0.4 is 16.0 Å². The van der Waals surface area contributed by atoms with Crippen LogP contribution in [0, 0.1) is 11.8 Å². The molecule has 15 nitrogen and oxygen atoms in total. The third-order valence-electron chi connectivity index (χ3n) is 10.5. The number of benzene rings is 2. The number of nitrogens with one attached hydrogen (secondary N) is 5. The van der Waals surface area contributed by atoms with Gasteiger partial charge in [-0.1, -0.05) is 52.0 Å². The highest BCUT2D eigenvalue weighted by Gasteiger charge is 2.39. The molecule has 5 N–H and O–H groups in total. The first-order chi connectivity index (χ1) is 26.4. The Labute approximate surface area is 319 Å². The van der Waals surface area contributed by atoms with Crippen molar-refractivity contribution in [2.24, 2.45) is 11.8 Å². The Morgan fingerprint density at radius 1 is 0.745 bits per heavy atom. The number of hydrogen-bond acceptors (Lipinski definition) is 8. The third kappa shape index (κ3) is 8.45. The van der Waals surface area contributed by atoms with E-state index in [1.54, 1.807) is 16.0 Å². The molecular formula is C40H50N8O7. The summed E-state index contributed by atoms with van der Waals surface area (Å²) in [6.07, 6.45) is 3.26.